The smallest absolute Gasteiger partial charge is 0.303 e. The number of benzene rings is 1. The van der Waals surface area contributed by atoms with Crippen LogP contribution >= 0.6 is 0 Å². The summed E-state index contributed by atoms with van der Waals surface area (Å²) in [5.74, 6) is 0.680. The first-order chi connectivity index (χ1) is 7.48. The van der Waals surface area contributed by atoms with E-state index in [2.05, 4.69) is 11.2 Å². The molecule has 2 aromatic rings. The molecule has 0 aliphatic rings. The standard InChI is InChI=1S/C11H8F3N2/c1-8-15-6-7-16(8)10-4-2-9(3-5-10)11(12,13)14/h2-5,7H,1H3. The Morgan fingerprint density at radius 1 is 1.19 bits per heavy atom. The van der Waals surface area contributed by atoms with Crippen molar-refractivity contribution in [3.05, 3.63) is 48.0 Å². The lowest BCUT2D eigenvalue weighted by molar-refractivity contribution is -0.137. The number of rotatable bonds is 1. The van der Waals surface area contributed by atoms with Crippen LogP contribution < -0.4 is 0 Å². The molecule has 0 atom stereocenters. The number of nitrogens with zero attached hydrogens (tertiary/aromatic N) is 2. The Balaban J connectivity index is 2.37. The molecule has 1 aromatic heterocycles. The van der Waals surface area contributed by atoms with Crippen molar-refractivity contribution in [1.29, 1.82) is 0 Å². The lowest BCUT2D eigenvalue weighted by Gasteiger charge is -2.08. The highest BCUT2D eigenvalue weighted by Gasteiger charge is 2.29. The molecular weight excluding hydrogens is 217 g/mol. The van der Waals surface area contributed by atoms with E-state index in [-0.39, 0.29) is 0 Å². The molecule has 2 rings (SSSR count). The van der Waals surface area contributed by atoms with Crippen LogP contribution in [0.2, 0.25) is 0 Å². The second-order valence-electron chi connectivity index (χ2n) is 3.33. The number of hydrogen-bond donors (Lipinski definition) is 0. The van der Waals surface area contributed by atoms with Gasteiger partial charge in [-0.3, -0.25) is 0 Å². The minimum absolute atomic E-state index is 0.638. The number of hydrogen-bond acceptors (Lipinski definition) is 1. The van der Waals surface area contributed by atoms with Gasteiger partial charge >= 0.3 is 6.18 Å². The van der Waals surface area contributed by atoms with Crippen LogP contribution in [0.5, 0.6) is 0 Å². The number of halogens is 3. The van der Waals surface area contributed by atoms with E-state index >= 15 is 0 Å². The van der Waals surface area contributed by atoms with E-state index in [0.29, 0.717) is 11.5 Å². The summed E-state index contributed by atoms with van der Waals surface area (Å²) in [6, 6.07) is 4.92. The van der Waals surface area contributed by atoms with Crippen LogP contribution in [0.1, 0.15) is 11.4 Å². The SMILES string of the molecule is Cc1n[c]cn1-c1ccc(C(F)(F)F)cc1. The summed E-state index contributed by atoms with van der Waals surface area (Å²) in [5, 5.41) is 0. The average molecular weight is 225 g/mol. The maximum Gasteiger partial charge on any atom is 0.416 e. The number of alkyl halides is 3. The highest BCUT2D eigenvalue weighted by atomic mass is 19.4. The van der Waals surface area contributed by atoms with Gasteiger partial charge in [-0.05, 0) is 31.2 Å². The van der Waals surface area contributed by atoms with E-state index in [0.717, 1.165) is 12.1 Å². The molecule has 16 heavy (non-hydrogen) atoms. The molecule has 0 unspecified atom stereocenters. The molecule has 0 bridgehead atoms. The molecule has 0 amide bonds. The number of imidazole rings is 1. The van der Waals surface area contributed by atoms with Crippen molar-refractivity contribution in [2.45, 2.75) is 13.1 Å². The third kappa shape index (κ3) is 1.93. The summed E-state index contributed by atoms with van der Waals surface area (Å²) < 4.78 is 38.6. The molecule has 0 saturated carbocycles. The average Bonchev–Trinajstić information content (AvgIpc) is 2.63. The fourth-order valence-electron chi connectivity index (χ4n) is 1.40. The number of aromatic nitrogens is 2. The van der Waals surface area contributed by atoms with Gasteiger partial charge in [0, 0.05) is 11.9 Å². The third-order valence-electron chi connectivity index (χ3n) is 2.23. The Morgan fingerprint density at radius 3 is 2.25 bits per heavy atom. The Bertz CT molecular complexity index is 483. The maximum absolute atomic E-state index is 12.3. The molecule has 0 N–H and O–H groups in total. The highest BCUT2D eigenvalue weighted by Crippen LogP contribution is 2.29. The zero-order valence-electron chi connectivity index (χ0n) is 8.42. The molecule has 0 aliphatic carbocycles. The molecule has 2 nitrogen and oxygen atoms in total. The lowest BCUT2D eigenvalue weighted by Crippen LogP contribution is -2.05. The van der Waals surface area contributed by atoms with Gasteiger partial charge in [0.25, 0.3) is 0 Å². The van der Waals surface area contributed by atoms with E-state index in [1.54, 1.807) is 17.7 Å². The molecular formula is C11H8F3N2. The zero-order valence-corrected chi connectivity index (χ0v) is 8.42. The van der Waals surface area contributed by atoms with Crippen LogP contribution in [-0.2, 0) is 6.18 Å². The van der Waals surface area contributed by atoms with Crippen LogP contribution in [-0.4, -0.2) is 9.55 Å². The van der Waals surface area contributed by atoms with Gasteiger partial charge in [0.1, 0.15) is 12.0 Å². The minimum Gasteiger partial charge on any atom is -0.303 e. The van der Waals surface area contributed by atoms with E-state index in [1.165, 1.54) is 12.1 Å². The largest absolute Gasteiger partial charge is 0.416 e. The van der Waals surface area contributed by atoms with Gasteiger partial charge < -0.3 is 4.57 Å². The Hall–Kier alpha value is -1.78. The van der Waals surface area contributed by atoms with Gasteiger partial charge in [0.05, 0.1) is 5.56 Å². The summed E-state index contributed by atoms with van der Waals surface area (Å²) in [6.45, 7) is 1.76. The lowest BCUT2D eigenvalue weighted by atomic mass is 10.2. The van der Waals surface area contributed by atoms with Crippen molar-refractivity contribution >= 4 is 0 Å². The summed E-state index contributed by atoms with van der Waals surface area (Å²) in [7, 11) is 0. The van der Waals surface area contributed by atoms with Crippen LogP contribution in [0.15, 0.2) is 30.5 Å². The van der Waals surface area contributed by atoms with Gasteiger partial charge in [0.2, 0.25) is 0 Å². The normalized spacial score (nSPS) is 11.8. The van der Waals surface area contributed by atoms with Crippen molar-refractivity contribution in [2.75, 3.05) is 0 Å². The molecule has 1 radical (unpaired) electrons. The van der Waals surface area contributed by atoms with E-state index < -0.39 is 11.7 Å². The summed E-state index contributed by atoms with van der Waals surface area (Å²) >= 11 is 0. The predicted octanol–water partition coefficient (Wildman–Crippen LogP) is 3.00. The second-order valence-corrected chi connectivity index (χ2v) is 3.33. The molecule has 1 aromatic carbocycles. The van der Waals surface area contributed by atoms with Crippen molar-refractivity contribution in [1.82, 2.24) is 9.55 Å². The first-order valence-electron chi connectivity index (χ1n) is 4.58. The van der Waals surface area contributed by atoms with Gasteiger partial charge in [-0.15, -0.1) is 0 Å². The summed E-state index contributed by atoms with van der Waals surface area (Å²) in [5.41, 5.74) is -0.0164. The Morgan fingerprint density at radius 2 is 1.81 bits per heavy atom. The Labute approximate surface area is 90.4 Å². The molecule has 0 spiro atoms. The molecule has 83 valence electrons. The predicted molar refractivity (Wildman–Crippen MR) is 52.1 cm³/mol. The topological polar surface area (TPSA) is 17.8 Å². The Kier molecular flexibility index (Phi) is 2.46. The van der Waals surface area contributed by atoms with E-state index in [1.807, 2.05) is 0 Å². The minimum atomic E-state index is -4.30. The molecule has 0 fully saturated rings. The maximum atomic E-state index is 12.3. The van der Waals surface area contributed by atoms with Crippen molar-refractivity contribution in [3.63, 3.8) is 0 Å². The first kappa shape index (κ1) is 10.7. The summed E-state index contributed by atoms with van der Waals surface area (Å²) in [4.78, 5) is 3.88. The highest BCUT2D eigenvalue weighted by molar-refractivity contribution is 5.36. The fourth-order valence-corrected chi connectivity index (χ4v) is 1.40. The molecule has 5 heteroatoms. The van der Waals surface area contributed by atoms with Crippen molar-refractivity contribution in [2.24, 2.45) is 0 Å². The summed E-state index contributed by atoms with van der Waals surface area (Å²) in [6.07, 6.45) is -0.0836. The quantitative estimate of drug-likeness (QED) is 0.729. The third-order valence-corrected chi connectivity index (χ3v) is 2.23. The van der Waals surface area contributed by atoms with E-state index in [4.69, 9.17) is 0 Å². The number of aryl methyl sites for hydroxylation is 1. The first-order valence-corrected chi connectivity index (χ1v) is 4.58. The van der Waals surface area contributed by atoms with Gasteiger partial charge in [-0.2, -0.15) is 13.2 Å². The molecule has 0 saturated heterocycles. The van der Waals surface area contributed by atoms with Crippen molar-refractivity contribution < 1.29 is 13.2 Å². The second kappa shape index (κ2) is 3.66. The van der Waals surface area contributed by atoms with Crippen LogP contribution in [0.3, 0.4) is 0 Å². The monoisotopic (exact) mass is 225 g/mol. The van der Waals surface area contributed by atoms with Gasteiger partial charge in [-0.25, -0.2) is 4.98 Å². The van der Waals surface area contributed by atoms with Crippen LogP contribution in [0.4, 0.5) is 13.2 Å². The van der Waals surface area contributed by atoms with Crippen LogP contribution in [0, 0.1) is 13.1 Å². The van der Waals surface area contributed by atoms with Crippen molar-refractivity contribution in [3.8, 4) is 5.69 Å². The molecule has 0 aliphatic heterocycles. The van der Waals surface area contributed by atoms with Gasteiger partial charge in [-0.1, -0.05) is 0 Å². The van der Waals surface area contributed by atoms with Gasteiger partial charge in [0.15, 0.2) is 0 Å². The zero-order chi connectivity index (χ0) is 11.8. The van der Waals surface area contributed by atoms with Crippen LogP contribution in [0.25, 0.3) is 5.69 Å². The fraction of sp³-hybridized carbons (Fsp3) is 0.182. The van der Waals surface area contributed by atoms with E-state index in [9.17, 15) is 13.2 Å². The molecule has 1 heterocycles.